The Bertz CT molecular complexity index is 1330. The third-order valence-electron chi connectivity index (χ3n) is 7.38. The smallest absolute Gasteiger partial charge is 0.280 e. The van der Waals surface area contributed by atoms with E-state index >= 15 is 0 Å². The topological polar surface area (TPSA) is 123 Å². The predicted octanol–water partition coefficient (Wildman–Crippen LogP) is 3.60. The van der Waals surface area contributed by atoms with Crippen molar-refractivity contribution in [2.24, 2.45) is 5.92 Å². The Morgan fingerprint density at radius 2 is 1.73 bits per heavy atom. The molecule has 0 amide bonds. The highest BCUT2D eigenvalue weighted by atomic mass is 16.3. The second-order valence-electron chi connectivity index (χ2n) is 10.3. The highest BCUT2D eigenvalue weighted by molar-refractivity contribution is 5.90. The monoisotopic (exact) mass is 502 g/mol. The zero-order valence-corrected chi connectivity index (χ0v) is 21.5. The number of aromatic nitrogens is 4. The number of piperidine rings is 2. The molecule has 0 bridgehead atoms. The maximum atomic E-state index is 13.4. The van der Waals surface area contributed by atoms with Gasteiger partial charge in [0.05, 0.1) is 24.4 Å². The first kappa shape index (κ1) is 25.0. The molecule has 10 nitrogen and oxygen atoms in total. The van der Waals surface area contributed by atoms with Crippen molar-refractivity contribution in [3.05, 3.63) is 40.8 Å². The molecule has 2 aromatic heterocycles. The van der Waals surface area contributed by atoms with Crippen LogP contribution in [0.4, 0.5) is 23.1 Å². The van der Waals surface area contributed by atoms with E-state index in [1.807, 2.05) is 26.0 Å². The van der Waals surface area contributed by atoms with Gasteiger partial charge in [0.2, 0.25) is 5.95 Å². The first-order valence-electron chi connectivity index (χ1n) is 13.1. The molecular weight excluding hydrogens is 468 g/mol. The van der Waals surface area contributed by atoms with Crippen LogP contribution in [0.5, 0.6) is 0 Å². The summed E-state index contributed by atoms with van der Waals surface area (Å²) in [6, 6.07) is 10.3. The molecule has 0 unspecified atom stereocenters. The summed E-state index contributed by atoms with van der Waals surface area (Å²) in [6.07, 6.45) is 5.40. The summed E-state index contributed by atoms with van der Waals surface area (Å²) in [5.74, 6) is 1.44. The van der Waals surface area contributed by atoms with Gasteiger partial charge in [-0.2, -0.15) is 15.3 Å². The average Bonchev–Trinajstić information content (AvgIpc) is 2.90. The van der Waals surface area contributed by atoms with Gasteiger partial charge < -0.3 is 20.2 Å². The Hall–Kier alpha value is -3.71. The van der Waals surface area contributed by atoms with Crippen LogP contribution in [0, 0.1) is 17.2 Å². The van der Waals surface area contributed by atoms with E-state index in [-0.39, 0.29) is 17.7 Å². The third-order valence-corrected chi connectivity index (χ3v) is 7.38. The van der Waals surface area contributed by atoms with Gasteiger partial charge in [0.25, 0.3) is 5.56 Å². The second kappa shape index (κ2) is 10.7. The molecule has 0 aliphatic carbocycles. The summed E-state index contributed by atoms with van der Waals surface area (Å²) < 4.78 is 1.46. The molecule has 3 aromatic rings. The van der Waals surface area contributed by atoms with Gasteiger partial charge in [0.15, 0.2) is 0 Å². The highest BCUT2D eigenvalue weighted by Gasteiger charge is 2.24. The highest BCUT2D eigenvalue weighted by Crippen LogP contribution is 2.29. The van der Waals surface area contributed by atoms with Gasteiger partial charge in [-0.15, -0.1) is 0 Å². The zero-order chi connectivity index (χ0) is 25.9. The van der Waals surface area contributed by atoms with Crippen LogP contribution in [-0.4, -0.2) is 57.1 Å². The molecule has 194 valence electrons. The minimum Gasteiger partial charge on any atom is -0.393 e. The second-order valence-corrected chi connectivity index (χ2v) is 10.3. The van der Waals surface area contributed by atoms with Crippen molar-refractivity contribution in [2.75, 3.05) is 41.3 Å². The number of aliphatic hydroxyl groups excluding tert-OH is 1. The van der Waals surface area contributed by atoms with Gasteiger partial charge in [0, 0.05) is 44.0 Å². The minimum absolute atomic E-state index is 0.0917. The van der Waals surface area contributed by atoms with Crippen molar-refractivity contribution in [3.8, 4) is 6.07 Å². The van der Waals surface area contributed by atoms with Crippen molar-refractivity contribution < 1.29 is 5.11 Å². The zero-order valence-electron chi connectivity index (χ0n) is 21.5. The summed E-state index contributed by atoms with van der Waals surface area (Å²) >= 11 is 0. The molecule has 0 atom stereocenters. The molecule has 37 heavy (non-hydrogen) atoms. The lowest BCUT2D eigenvalue weighted by Crippen LogP contribution is -2.35. The van der Waals surface area contributed by atoms with E-state index in [1.165, 1.54) is 4.68 Å². The van der Waals surface area contributed by atoms with Crippen LogP contribution >= 0.6 is 0 Å². The molecule has 2 N–H and O–H groups in total. The summed E-state index contributed by atoms with van der Waals surface area (Å²) in [7, 11) is 0. The third kappa shape index (κ3) is 5.37. The number of nitrogens with zero attached hydrogens (tertiary/aromatic N) is 7. The lowest BCUT2D eigenvalue weighted by Gasteiger charge is -2.31. The largest absolute Gasteiger partial charge is 0.393 e. The number of fused-ring (bicyclic) bond motifs is 1. The molecule has 0 spiro atoms. The van der Waals surface area contributed by atoms with E-state index < -0.39 is 0 Å². The Morgan fingerprint density at radius 3 is 2.38 bits per heavy atom. The van der Waals surface area contributed by atoms with Gasteiger partial charge in [-0.1, -0.05) is 0 Å². The van der Waals surface area contributed by atoms with E-state index in [2.05, 4.69) is 38.4 Å². The predicted molar refractivity (Wildman–Crippen MR) is 144 cm³/mol. The van der Waals surface area contributed by atoms with Gasteiger partial charge in [-0.25, -0.2) is 9.67 Å². The van der Waals surface area contributed by atoms with Crippen molar-refractivity contribution >= 4 is 34.0 Å². The summed E-state index contributed by atoms with van der Waals surface area (Å²) in [4.78, 5) is 27.3. The quantitative estimate of drug-likeness (QED) is 0.520. The summed E-state index contributed by atoms with van der Waals surface area (Å²) in [5, 5.41) is 27.0. The number of rotatable bonds is 6. The van der Waals surface area contributed by atoms with Gasteiger partial charge in [-0.05, 0) is 69.7 Å². The van der Waals surface area contributed by atoms with Crippen LogP contribution in [-0.2, 0) is 0 Å². The number of nitrogens with one attached hydrogen (secondary N) is 1. The van der Waals surface area contributed by atoms with Crippen molar-refractivity contribution in [1.29, 1.82) is 5.26 Å². The van der Waals surface area contributed by atoms with Crippen LogP contribution < -0.4 is 20.7 Å². The number of nitriles is 1. The summed E-state index contributed by atoms with van der Waals surface area (Å²) in [6.45, 7) is 7.06. The number of benzene rings is 1. The van der Waals surface area contributed by atoms with Crippen LogP contribution in [0.3, 0.4) is 0 Å². The van der Waals surface area contributed by atoms with Crippen LogP contribution in [0.15, 0.2) is 35.3 Å². The molecule has 5 rings (SSSR count). The van der Waals surface area contributed by atoms with E-state index in [0.717, 1.165) is 63.2 Å². The lowest BCUT2D eigenvalue weighted by molar-refractivity contribution is 0.145. The molecule has 1 aromatic carbocycles. The van der Waals surface area contributed by atoms with Crippen molar-refractivity contribution in [3.63, 3.8) is 0 Å². The standard InChI is InChI=1S/C27H34N8O2/c1-18(2)35-26(37)24-23(17-29-35)31-27(34-13-8-19(7-12-28)9-14-34)32-25(24)30-20-3-5-21(6-4-20)33-15-10-22(36)11-16-33/h3-6,17-19,22,36H,7-11,13-16H2,1-2H3,(H,30,31,32). The maximum Gasteiger partial charge on any atom is 0.280 e. The fraction of sp³-hybridized carbons (Fsp3) is 0.519. The van der Waals surface area contributed by atoms with Gasteiger partial charge >= 0.3 is 0 Å². The number of anilines is 4. The molecular formula is C27H34N8O2. The van der Waals surface area contributed by atoms with E-state index in [0.29, 0.717) is 35.0 Å². The molecule has 2 aliphatic rings. The molecule has 10 heteroatoms. The normalized spacial score (nSPS) is 17.4. The van der Waals surface area contributed by atoms with E-state index in [9.17, 15) is 9.90 Å². The molecule has 2 saturated heterocycles. The average molecular weight is 503 g/mol. The van der Waals surface area contributed by atoms with Crippen molar-refractivity contribution in [2.45, 2.75) is 58.1 Å². The Labute approximate surface area is 216 Å². The van der Waals surface area contributed by atoms with E-state index in [4.69, 9.17) is 15.2 Å². The Kier molecular flexibility index (Phi) is 7.24. The lowest BCUT2D eigenvalue weighted by atomic mass is 9.94. The van der Waals surface area contributed by atoms with Crippen LogP contribution in [0.2, 0.25) is 0 Å². The molecule has 0 radical (unpaired) electrons. The number of hydrogen-bond donors (Lipinski definition) is 2. The van der Waals surface area contributed by atoms with Crippen LogP contribution in [0.1, 0.15) is 52.0 Å². The minimum atomic E-state index is -0.224. The van der Waals surface area contributed by atoms with E-state index in [1.54, 1.807) is 6.20 Å². The Morgan fingerprint density at radius 1 is 1.05 bits per heavy atom. The molecule has 0 saturated carbocycles. The first-order valence-corrected chi connectivity index (χ1v) is 13.1. The van der Waals surface area contributed by atoms with Gasteiger partial charge in [-0.3, -0.25) is 4.79 Å². The molecule has 2 fully saturated rings. The SMILES string of the molecule is CC(C)n1ncc2nc(N3CCC(CC#N)CC3)nc(Nc3ccc(N4CCC(O)CC4)cc3)c2c1=O. The number of aliphatic hydroxyl groups is 1. The first-order chi connectivity index (χ1) is 17.9. The fourth-order valence-corrected chi connectivity index (χ4v) is 5.14. The van der Waals surface area contributed by atoms with Gasteiger partial charge in [0.1, 0.15) is 16.7 Å². The fourth-order valence-electron chi connectivity index (χ4n) is 5.14. The van der Waals surface area contributed by atoms with Crippen molar-refractivity contribution in [1.82, 2.24) is 19.7 Å². The Balaban J connectivity index is 1.46. The van der Waals surface area contributed by atoms with Crippen LogP contribution in [0.25, 0.3) is 10.9 Å². The number of hydrogen-bond acceptors (Lipinski definition) is 9. The molecule has 2 aliphatic heterocycles. The maximum absolute atomic E-state index is 13.4. The molecule has 4 heterocycles. The summed E-state index contributed by atoms with van der Waals surface area (Å²) in [5.41, 5.74) is 2.22.